The van der Waals surface area contributed by atoms with Crippen LogP contribution in [0.4, 0.5) is 0 Å². The largest absolute Gasteiger partial charge is 0.352 e. The molecule has 0 unspecified atom stereocenters. The van der Waals surface area contributed by atoms with Gasteiger partial charge in [0.2, 0.25) is 5.91 Å². The van der Waals surface area contributed by atoms with Gasteiger partial charge in [0, 0.05) is 19.7 Å². The molecule has 1 N–H and O–H groups in total. The molecule has 0 fully saturated rings. The summed E-state index contributed by atoms with van der Waals surface area (Å²) in [7, 11) is -3.15. The van der Waals surface area contributed by atoms with Crippen LogP contribution in [0, 0.1) is 6.92 Å². The molecule has 1 radical (unpaired) electrons. The van der Waals surface area contributed by atoms with E-state index in [1.54, 1.807) is 12.1 Å². The first kappa shape index (κ1) is 11.7. The van der Waals surface area contributed by atoms with Gasteiger partial charge < -0.3 is 5.32 Å². The Morgan fingerprint density at radius 2 is 1.87 bits per heavy atom. The predicted molar refractivity (Wildman–Crippen MR) is 56.8 cm³/mol. The summed E-state index contributed by atoms with van der Waals surface area (Å²) in [5.74, 6) is -0.359. The molecule has 1 aromatic rings. The molecule has 0 atom stereocenters. The third-order valence-electron chi connectivity index (χ3n) is 1.84. The van der Waals surface area contributed by atoms with Crippen molar-refractivity contribution in [2.75, 3.05) is 6.26 Å². The van der Waals surface area contributed by atoms with Crippen molar-refractivity contribution in [3.63, 3.8) is 0 Å². The van der Waals surface area contributed by atoms with Crippen LogP contribution in [0.1, 0.15) is 5.56 Å². The number of hydrogen-bond donors (Lipinski definition) is 1. The summed E-state index contributed by atoms with van der Waals surface area (Å²) in [6.45, 7) is 3.52. The molecule has 0 saturated heterocycles. The van der Waals surface area contributed by atoms with Crippen molar-refractivity contribution >= 4 is 15.7 Å². The van der Waals surface area contributed by atoms with Gasteiger partial charge in [-0.25, -0.2) is 8.42 Å². The first-order valence-corrected chi connectivity index (χ1v) is 6.17. The second-order valence-electron chi connectivity index (χ2n) is 3.19. The van der Waals surface area contributed by atoms with Crippen LogP contribution in [0.25, 0.3) is 0 Å². The average Bonchev–Trinajstić information content (AvgIpc) is 2.14. The second-order valence-corrected chi connectivity index (χ2v) is 5.21. The maximum Gasteiger partial charge on any atom is 0.220 e. The molecule has 4 nitrogen and oxygen atoms in total. The molecule has 0 heterocycles. The lowest BCUT2D eigenvalue weighted by Gasteiger charge is -2.03. The average molecular weight is 226 g/mol. The monoisotopic (exact) mass is 226 g/mol. The van der Waals surface area contributed by atoms with Gasteiger partial charge in [-0.1, -0.05) is 12.1 Å². The summed E-state index contributed by atoms with van der Waals surface area (Å²) in [6, 6.07) is 6.35. The van der Waals surface area contributed by atoms with E-state index in [4.69, 9.17) is 0 Å². The van der Waals surface area contributed by atoms with Crippen LogP contribution >= 0.6 is 0 Å². The highest BCUT2D eigenvalue weighted by atomic mass is 32.2. The van der Waals surface area contributed by atoms with E-state index >= 15 is 0 Å². The highest BCUT2D eigenvalue weighted by Gasteiger charge is 2.05. The summed E-state index contributed by atoms with van der Waals surface area (Å²) in [5, 5.41) is 2.52. The normalized spacial score (nSPS) is 11.1. The van der Waals surface area contributed by atoms with E-state index in [0.29, 0.717) is 6.54 Å². The fourth-order valence-electron chi connectivity index (χ4n) is 1.06. The standard InChI is InChI=1S/C10H12NO3S/c1-8(12)11-7-9-3-5-10(6-4-9)15(2,13)14/h3-6H,1,7H2,2H3,(H,11,12). The molecule has 15 heavy (non-hydrogen) atoms. The van der Waals surface area contributed by atoms with Gasteiger partial charge in [-0.3, -0.25) is 4.79 Å². The van der Waals surface area contributed by atoms with Crippen molar-refractivity contribution < 1.29 is 13.2 Å². The van der Waals surface area contributed by atoms with E-state index in [-0.39, 0.29) is 10.8 Å². The Morgan fingerprint density at radius 3 is 2.27 bits per heavy atom. The molecule has 1 aromatic carbocycles. The Labute approximate surface area is 89.2 Å². The van der Waals surface area contributed by atoms with Crippen molar-refractivity contribution in [3.05, 3.63) is 36.8 Å². The zero-order valence-electron chi connectivity index (χ0n) is 8.36. The molecular formula is C10H12NO3S. The SMILES string of the molecule is [CH2]C(=O)NCc1ccc(S(C)(=O)=O)cc1. The summed E-state index contributed by atoms with van der Waals surface area (Å²) in [6.07, 6.45) is 1.15. The Bertz CT molecular complexity index is 448. The molecule has 0 aliphatic heterocycles. The van der Waals surface area contributed by atoms with E-state index in [1.807, 2.05) is 0 Å². The zero-order chi connectivity index (χ0) is 11.5. The highest BCUT2D eigenvalue weighted by Crippen LogP contribution is 2.09. The van der Waals surface area contributed by atoms with Crippen LogP contribution in [0.2, 0.25) is 0 Å². The molecule has 0 aromatic heterocycles. The molecule has 0 saturated carbocycles. The molecule has 0 spiro atoms. The van der Waals surface area contributed by atoms with Crippen molar-refractivity contribution in [3.8, 4) is 0 Å². The minimum absolute atomic E-state index is 0.271. The smallest absolute Gasteiger partial charge is 0.220 e. The van der Waals surface area contributed by atoms with Gasteiger partial charge in [-0.2, -0.15) is 0 Å². The maximum atomic E-state index is 11.1. The third kappa shape index (κ3) is 3.71. The molecule has 5 heteroatoms. The van der Waals surface area contributed by atoms with Crippen LogP contribution in [-0.2, 0) is 21.2 Å². The maximum absolute atomic E-state index is 11.1. The van der Waals surface area contributed by atoms with Gasteiger partial charge in [-0.15, -0.1) is 0 Å². The number of carbonyl (C=O) groups is 1. The molecule has 0 aliphatic rings. The predicted octanol–water partition coefficient (Wildman–Crippen LogP) is 0.540. The van der Waals surface area contributed by atoms with Crippen LogP contribution in [0.15, 0.2) is 29.2 Å². The van der Waals surface area contributed by atoms with E-state index in [2.05, 4.69) is 12.2 Å². The Morgan fingerprint density at radius 1 is 1.33 bits per heavy atom. The molecule has 1 rings (SSSR count). The molecule has 1 amide bonds. The van der Waals surface area contributed by atoms with Crippen LogP contribution in [0.5, 0.6) is 0 Å². The van der Waals surface area contributed by atoms with Crippen molar-refractivity contribution in [2.24, 2.45) is 0 Å². The van der Waals surface area contributed by atoms with Gasteiger partial charge in [0.05, 0.1) is 4.90 Å². The Balaban J connectivity index is 2.77. The van der Waals surface area contributed by atoms with Gasteiger partial charge in [-0.05, 0) is 17.7 Å². The van der Waals surface area contributed by atoms with Crippen LogP contribution in [0.3, 0.4) is 0 Å². The number of amides is 1. The molecule has 81 valence electrons. The molecule has 0 bridgehead atoms. The summed E-state index contributed by atoms with van der Waals surface area (Å²) >= 11 is 0. The number of nitrogens with one attached hydrogen (secondary N) is 1. The van der Waals surface area contributed by atoms with Gasteiger partial charge in [0.25, 0.3) is 0 Å². The number of sulfone groups is 1. The summed E-state index contributed by atoms with van der Waals surface area (Å²) in [4.78, 5) is 10.8. The minimum atomic E-state index is -3.15. The fourth-order valence-corrected chi connectivity index (χ4v) is 1.69. The minimum Gasteiger partial charge on any atom is -0.352 e. The first-order valence-electron chi connectivity index (χ1n) is 4.28. The number of carbonyl (C=O) groups excluding carboxylic acids is 1. The van der Waals surface area contributed by atoms with E-state index in [0.717, 1.165) is 11.8 Å². The van der Waals surface area contributed by atoms with Crippen molar-refractivity contribution in [1.82, 2.24) is 5.32 Å². The zero-order valence-corrected chi connectivity index (χ0v) is 9.17. The van der Waals surface area contributed by atoms with E-state index in [9.17, 15) is 13.2 Å². The fraction of sp³-hybridized carbons (Fsp3) is 0.200. The highest BCUT2D eigenvalue weighted by molar-refractivity contribution is 7.90. The van der Waals surface area contributed by atoms with E-state index < -0.39 is 9.84 Å². The van der Waals surface area contributed by atoms with Crippen molar-refractivity contribution in [1.29, 1.82) is 0 Å². The number of hydrogen-bond acceptors (Lipinski definition) is 3. The van der Waals surface area contributed by atoms with Gasteiger partial charge >= 0.3 is 0 Å². The van der Waals surface area contributed by atoms with Gasteiger partial charge in [0.1, 0.15) is 0 Å². The lowest BCUT2D eigenvalue weighted by molar-refractivity contribution is -0.116. The molecular weight excluding hydrogens is 214 g/mol. The summed E-state index contributed by atoms with van der Waals surface area (Å²) < 4.78 is 22.3. The summed E-state index contributed by atoms with van der Waals surface area (Å²) in [5.41, 5.74) is 0.833. The second kappa shape index (κ2) is 4.44. The lowest BCUT2D eigenvalue weighted by atomic mass is 10.2. The molecule has 0 aliphatic carbocycles. The van der Waals surface area contributed by atoms with Crippen LogP contribution in [-0.4, -0.2) is 20.6 Å². The number of rotatable bonds is 3. The lowest BCUT2D eigenvalue weighted by Crippen LogP contribution is -2.19. The Kier molecular flexibility index (Phi) is 3.47. The topological polar surface area (TPSA) is 63.2 Å². The Hall–Kier alpha value is -1.36. The van der Waals surface area contributed by atoms with Crippen LogP contribution < -0.4 is 5.32 Å². The quantitative estimate of drug-likeness (QED) is 0.818. The van der Waals surface area contributed by atoms with Crippen molar-refractivity contribution in [2.45, 2.75) is 11.4 Å². The first-order chi connectivity index (χ1) is 6.89. The van der Waals surface area contributed by atoms with E-state index in [1.165, 1.54) is 12.1 Å². The van der Waals surface area contributed by atoms with Gasteiger partial charge in [0.15, 0.2) is 9.84 Å². The number of benzene rings is 1. The third-order valence-corrected chi connectivity index (χ3v) is 2.97.